The fourth-order valence-electron chi connectivity index (χ4n) is 0.136. The van der Waals surface area contributed by atoms with Gasteiger partial charge < -0.3 is 19.8 Å². The van der Waals surface area contributed by atoms with Crippen molar-refractivity contribution in [1.29, 1.82) is 0 Å². The van der Waals surface area contributed by atoms with Crippen molar-refractivity contribution in [1.82, 2.24) is 0 Å². The van der Waals surface area contributed by atoms with Gasteiger partial charge in [-0.2, -0.15) is 0 Å². The van der Waals surface area contributed by atoms with Crippen LogP contribution in [0.5, 0.6) is 0 Å². The van der Waals surface area contributed by atoms with E-state index in [-0.39, 0.29) is 44.8 Å². The second-order valence-electron chi connectivity index (χ2n) is 0.971. The van der Waals surface area contributed by atoms with Gasteiger partial charge >= 0.3 is 44.8 Å². The molecule has 0 saturated heterocycles. The molecule has 0 bridgehead atoms. The van der Waals surface area contributed by atoms with Crippen molar-refractivity contribution in [2.75, 3.05) is 0 Å². The summed E-state index contributed by atoms with van der Waals surface area (Å²) in [7, 11) is 0. The third kappa shape index (κ3) is 15.7. The van der Waals surface area contributed by atoms with E-state index in [1.807, 2.05) is 0 Å². The van der Waals surface area contributed by atoms with Gasteiger partial charge in [-0.25, -0.2) is 0 Å². The first-order valence-corrected chi connectivity index (χ1v) is 1.73. The minimum atomic E-state index is -1.55. The summed E-state index contributed by atoms with van der Waals surface area (Å²) in [5, 5.41) is 18.8. The number of carboxylic acid groups (broad SMARTS) is 2. The Labute approximate surface area is 88.3 Å². The third-order valence-electron chi connectivity index (χ3n) is 0.355. The van der Waals surface area contributed by atoms with Gasteiger partial charge in [-0.3, -0.25) is 0 Å². The number of aliphatic carboxylic acids is 2. The number of rotatable bonds is 2. The Morgan fingerprint density at radius 2 is 1.10 bits per heavy atom. The van der Waals surface area contributed by atoms with Gasteiger partial charge in [-0.05, 0) is 12.2 Å². The molecule has 0 N–H and O–H groups in total. The molecule has 0 aromatic heterocycles. The quantitative estimate of drug-likeness (QED) is 0.400. The molecule has 64 valence electrons. The van der Waals surface area contributed by atoms with Crippen LogP contribution in [0.1, 0.15) is 0 Å². The van der Waals surface area contributed by atoms with Gasteiger partial charge in [0.15, 0.2) is 0 Å². The van der Waals surface area contributed by atoms with Gasteiger partial charge in [-0.15, -0.1) is 0 Å². The Hall–Kier alpha value is 0.161. The molecular formula is C4H2Ag2O4. The smallest absolute Gasteiger partial charge is 0.545 e. The van der Waals surface area contributed by atoms with Crippen LogP contribution in [-0.2, 0) is 54.3 Å². The molecule has 0 heterocycles. The van der Waals surface area contributed by atoms with E-state index in [1.54, 1.807) is 0 Å². The molecule has 0 rings (SSSR count). The average Bonchev–Trinajstić information content (AvgIpc) is 1.61. The zero-order valence-corrected chi connectivity index (χ0v) is 7.36. The summed E-state index contributed by atoms with van der Waals surface area (Å²) in [5.74, 6) is -3.09. The van der Waals surface area contributed by atoms with E-state index in [9.17, 15) is 19.8 Å². The predicted octanol–water partition coefficient (Wildman–Crippen LogP) is -2.96. The van der Waals surface area contributed by atoms with Crippen LogP contribution in [0.25, 0.3) is 0 Å². The summed E-state index contributed by atoms with van der Waals surface area (Å²) in [5.41, 5.74) is 0. The predicted molar refractivity (Wildman–Crippen MR) is 19.2 cm³/mol. The van der Waals surface area contributed by atoms with Crippen molar-refractivity contribution < 1.29 is 64.6 Å². The maximum Gasteiger partial charge on any atom is 1.00 e. The normalized spacial score (nSPS) is 7.60. The number of hydrogen-bond donors (Lipinski definition) is 0. The Bertz CT molecular complexity index is 126. The van der Waals surface area contributed by atoms with E-state index in [4.69, 9.17) is 0 Å². The van der Waals surface area contributed by atoms with E-state index in [0.29, 0.717) is 12.2 Å². The zero-order chi connectivity index (χ0) is 6.57. The van der Waals surface area contributed by atoms with Crippen molar-refractivity contribution in [3.63, 3.8) is 0 Å². The van der Waals surface area contributed by atoms with Crippen LogP contribution in [0.2, 0.25) is 0 Å². The van der Waals surface area contributed by atoms with Gasteiger partial charge in [0.2, 0.25) is 0 Å². The number of carbonyl (C=O) groups excluding carboxylic acids is 2. The molecule has 0 spiro atoms. The van der Waals surface area contributed by atoms with Crippen LogP contribution in [0, 0.1) is 0 Å². The SMILES string of the molecule is O=C([O-])/C=C\C(=O)[O-].[Ag+].[Ag+]. The standard InChI is InChI=1S/C4H4O4.2Ag/c5-3(6)1-2-4(7)8;;/h1-2H,(H,5,6)(H,7,8);;/q;2*+1/p-2/b2-1-;;. The maximum absolute atomic E-state index is 9.41. The molecule has 0 unspecified atom stereocenters. The van der Waals surface area contributed by atoms with Crippen molar-refractivity contribution >= 4 is 11.9 Å². The molecule has 10 heavy (non-hydrogen) atoms. The van der Waals surface area contributed by atoms with Crippen LogP contribution in [0.4, 0.5) is 0 Å². The molecule has 0 aliphatic rings. The first kappa shape index (κ1) is 16.6. The summed E-state index contributed by atoms with van der Waals surface area (Å²) >= 11 is 0. The van der Waals surface area contributed by atoms with E-state index in [2.05, 4.69) is 0 Å². The summed E-state index contributed by atoms with van der Waals surface area (Å²) in [4.78, 5) is 18.8. The molecule has 0 aliphatic heterocycles. The van der Waals surface area contributed by atoms with Gasteiger partial charge in [0.1, 0.15) is 0 Å². The van der Waals surface area contributed by atoms with E-state index in [1.165, 1.54) is 0 Å². The minimum absolute atomic E-state index is 0. The van der Waals surface area contributed by atoms with Crippen LogP contribution >= 0.6 is 0 Å². The molecular weight excluding hydrogens is 328 g/mol. The molecule has 0 aliphatic carbocycles. The summed E-state index contributed by atoms with van der Waals surface area (Å²) in [6.07, 6.45) is 0.769. The average molecular weight is 330 g/mol. The fraction of sp³-hybridized carbons (Fsp3) is 0. The maximum atomic E-state index is 9.41. The van der Waals surface area contributed by atoms with E-state index < -0.39 is 11.9 Å². The molecule has 0 fully saturated rings. The second-order valence-corrected chi connectivity index (χ2v) is 0.971. The van der Waals surface area contributed by atoms with Crippen LogP contribution < -0.4 is 10.2 Å². The molecule has 0 amide bonds. The Balaban J connectivity index is -0.000000245. The molecule has 0 radical (unpaired) electrons. The molecule has 0 aromatic carbocycles. The van der Waals surface area contributed by atoms with Crippen molar-refractivity contribution in [3.05, 3.63) is 12.2 Å². The Kier molecular flexibility index (Phi) is 15.2. The monoisotopic (exact) mass is 328 g/mol. The first-order valence-electron chi connectivity index (χ1n) is 1.73. The molecule has 4 nitrogen and oxygen atoms in total. The van der Waals surface area contributed by atoms with Gasteiger partial charge in [0, 0.05) is 0 Å². The number of carboxylic acids is 2. The largest absolute Gasteiger partial charge is 1.00 e. The summed E-state index contributed by atoms with van der Waals surface area (Å²) in [6.45, 7) is 0. The summed E-state index contributed by atoms with van der Waals surface area (Å²) < 4.78 is 0. The van der Waals surface area contributed by atoms with E-state index in [0.717, 1.165) is 0 Å². The van der Waals surface area contributed by atoms with Crippen LogP contribution in [0.3, 0.4) is 0 Å². The number of hydrogen-bond acceptors (Lipinski definition) is 4. The van der Waals surface area contributed by atoms with Crippen molar-refractivity contribution in [3.8, 4) is 0 Å². The number of carbonyl (C=O) groups is 2. The summed E-state index contributed by atoms with van der Waals surface area (Å²) in [6, 6.07) is 0. The first-order chi connectivity index (χ1) is 3.63. The van der Waals surface area contributed by atoms with Gasteiger partial charge in [0.25, 0.3) is 0 Å². The molecule has 0 aromatic rings. The third-order valence-corrected chi connectivity index (χ3v) is 0.355. The molecule has 6 heteroatoms. The topological polar surface area (TPSA) is 80.3 Å². The van der Waals surface area contributed by atoms with Crippen molar-refractivity contribution in [2.24, 2.45) is 0 Å². The van der Waals surface area contributed by atoms with Crippen LogP contribution in [-0.4, -0.2) is 11.9 Å². The molecule has 0 saturated carbocycles. The van der Waals surface area contributed by atoms with Gasteiger partial charge in [0.05, 0.1) is 11.9 Å². The molecule has 0 atom stereocenters. The van der Waals surface area contributed by atoms with Crippen LogP contribution in [0.15, 0.2) is 12.2 Å². The second kappa shape index (κ2) is 9.16. The van der Waals surface area contributed by atoms with E-state index >= 15 is 0 Å². The minimum Gasteiger partial charge on any atom is -0.545 e. The fourth-order valence-corrected chi connectivity index (χ4v) is 0.136. The zero-order valence-electron chi connectivity index (χ0n) is 4.39. The van der Waals surface area contributed by atoms with Crippen molar-refractivity contribution in [2.45, 2.75) is 0 Å². The van der Waals surface area contributed by atoms with Gasteiger partial charge in [-0.1, -0.05) is 0 Å². The Morgan fingerprint density at radius 3 is 1.20 bits per heavy atom. The Morgan fingerprint density at radius 1 is 0.900 bits per heavy atom.